The number of nitrogens with one attached hydrogen (secondary N) is 2. The van der Waals surface area contributed by atoms with Crippen molar-refractivity contribution in [2.45, 2.75) is 0 Å². The average molecular weight is 295 g/mol. The van der Waals surface area contributed by atoms with Crippen molar-refractivity contribution in [3.05, 3.63) is 41.3 Å². The molecule has 1 aromatic carbocycles. The molecule has 5 nitrogen and oxygen atoms in total. The van der Waals surface area contributed by atoms with Crippen molar-refractivity contribution in [2.75, 3.05) is 39.3 Å². The monoisotopic (exact) mass is 295 g/mol. The van der Waals surface area contributed by atoms with Gasteiger partial charge < -0.3 is 5.32 Å². The fourth-order valence-corrected chi connectivity index (χ4v) is 2.87. The molecule has 1 aliphatic rings. The molecule has 1 saturated heterocycles. The summed E-state index contributed by atoms with van der Waals surface area (Å²) in [4.78, 5) is 2.25. The molecule has 1 heterocycles. The Morgan fingerprint density at radius 3 is 2.60 bits per heavy atom. The van der Waals surface area contributed by atoms with Gasteiger partial charge in [-0.15, -0.1) is 0 Å². The minimum Gasteiger partial charge on any atom is -0.314 e. The van der Waals surface area contributed by atoms with Crippen molar-refractivity contribution in [2.24, 2.45) is 0 Å². The first-order valence-electron chi connectivity index (χ1n) is 6.82. The van der Waals surface area contributed by atoms with Crippen molar-refractivity contribution in [1.82, 2.24) is 14.9 Å². The van der Waals surface area contributed by atoms with Gasteiger partial charge in [0, 0.05) is 44.7 Å². The van der Waals surface area contributed by atoms with Crippen LogP contribution in [0, 0.1) is 0 Å². The first-order chi connectivity index (χ1) is 9.66. The van der Waals surface area contributed by atoms with Gasteiger partial charge in [-0.2, -0.15) is 0 Å². The molecule has 1 fully saturated rings. The Kier molecular flexibility index (Phi) is 5.72. The Bertz CT molecular complexity index is 523. The number of hydrogen-bond donors (Lipinski definition) is 2. The van der Waals surface area contributed by atoms with Crippen LogP contribution < -0.4 is 10.0 Å². The van der Waals surface area contributed by atoms with E-state index in [2.05, 4.69) is 14.9 Å². The summed E-state index contributed by atoms with van der Waals surface area (Å²) in [6.45, 7) is 5.09. The Hall–Kier alpha value is -1.21. The second-order valence-corrected chi connectivity index (χ2v) is 6.40. The van der Waals surface area contributed by atoms with Gasteiger partial charge >= 0.3 is 0 Å². The predicted octanol–water partition coefficient (Wildman–Crippen LogP) is 0.482. The molecule has 0 spiro atoms. The van der Waals surface area contributed by atoms with E-state index in [0.29, 0.717) is 6.54 Å². The fourth-order valence-electron chi connectivity index (χ4n) is 2.06. The summed E-state index contributed by atoms with van der Waals surface area (Å²) in [5, 5.41) is 4.49. The van der Waals surface area contributed by atoms with Crippen molar-refractivity contribution in [1.29, 1.82) is 0 Å². The molecule has 0 unspecified atom stereocenters. The van der Waals surface area contributed by atoms with Gasteiger partial charge in [-0.3, -0.25) is 4.90 Å². The largest absolute Gasteiger partial charge is 0.314 e. The molecule has 0 aliphatic carbocycles. The van der Waals surface area contributed by atoms with E-state index in [4.69, 9.17) is 0 Å². The molecule has 6 heteroatoms. The van der Waals surface area contributed by atoms with Crippen LogP contribution in [0.2, 0.25) is 0 Å². The van der Waals surface area contributed by atoms with Gasteiger partial charge in [-0.1, -0.05) is 30.3 Å². The molecule has 2 rings (SSSR count). The number of rotatable bonds is 6. The summed E-state index contributed by atoms with van der Waals surface area (Å²) in [6, 6.07) is 9.39. The highest BCUT2D eigenvalue weighted by Crippen LogP contribution is 2.02. The van der Waals surface area contributed by atoms with E-state index in [-0.39, 0.29) is 0 Å². The van der Waals surface area contributed by atoms with Crippen molar-refractivity contribution in [3.8, 4) is 0 Å². The van der Waals surface area contributed by atoms with E-state index in [0.717, 1.165) is 38.3 Å². The maximum absolute atomic E-state index is 11.8. The number of nitrogens with zero attached hydrogens (tertiary/aromatic N) is 1. The van der Waals surface area contributed by atoms with Crippen molar-refractivity contribution < 1.29 is 8.42 Å². The van der Waals surface area contributed by atoms with Crippen LogP contribution in [-0.2, 0) is 10.0 Å². The highest BCUT2D eigenvalue weighted by Gasteiger charge is 2.10. The van der Waals surface area contributed by atoms with Gasteiger partial charge in [0.2, 0.25) is 10.0 Å². The third kappa shape index (κ3) is 5.42. The highest BCUT2D eigenvalue weighted by molar-refractivity contribution is 7.92. The minimum absolute atomic E-state index is 0.446. The normalized spacial score (nSPS) is 17.6. The fraction of sp³-hybridized carbons (Fsp3) is 0.429. The highest BCUT2D eigenvalue weighted by atomic mass is 32.2. The molecule has 1 aromatic rings. The smallest absolute Gasteiger partial charge is 0.233 e. The van der Waals surface area contributed by atoms with Crippen LogP contribution in [0.4, 0.5) is 0 Å². The first-order valence-corrected chi connectivity index (χ1v) is 8.36. The van der Waals surface area contributed by atoms with E-state index < -0.39 is 10.0 Å². The van der Waals surface area contributed by atoms with Gasteiger partial charge in [-0.25, -0.2) is 13.1 Å². The maximum atomic E-state index is 11.8. The summed E-state index contributed by atoms with van der Waals surface area (Å²) in [7, 11) is -3.35. The molecular formula is C14H21N3O2S. The zero-order chi connectivity index (χ0) is 14.3. The number of benzene rings is 1. The molecule has 0 aromatic heterocycles. The van der Waals surface area contributed by atoms with Crippen molar-refractivity contribution in [3.63, 3.8) is 0 Å². The summed E-state index contributed by atoms with van der Waals surface area (Å²) < 4.78 is 26.2. The van der Waals surface area contributed by atoms with E-state index in [9.17, 15) is 8.42 Å². The molecule has 0 saturated carbocycles. The lowest BCUT2D eigenvalue weighted by Gasteiger charge is -2.26. The number of piperazine rings is 1. The van der Waals surface area contributed by atoms with Crippen LogP contribution in [0.1, 0.15) is 5.56 Å². The second kappa shape index (κ2) is 7.54. The Balaban J connectivity index is 1.77. The topological polar surface area (TPSA) is 61.4 Å². The lowest BCUT2D eigenvalue weighted by molar-refractivity contribution is 0.245. The van der Waals surface area contributed by atoms with Crippen LogP contribution in [0.25, 0.3) is 6.08 Å². The number of sulfonamides is 1. The molecule has 2 N–H and O–H groups in total. The predicted molar refractivity (Wildman–Crippen MR) is 81.7 cm³/mol. The molecule has 20 heavy (non-hydrogen) atoms. The average Bonchev–Trinajstić information content (AvgIpc) is 2.47. The van der Waals surface area contributed by atoms with Gasteiger partial charge in [0.1, 0.15) is 0 Å². The molecule has 110 valence electrons. The summed E-state index contributed by atoms with van der Waals surface area (Å²) in [5.74, 6) is 0. The van der Waals surface area contributed by atoms with Crippen LogP contribution in [0.5, 0.6) is 0 Å². The summed E-state index contributed by atoms with van der Waals surface area (Å²) in [6.07, 6.45) is 1.60. The van der Waals surface area contributed by atoms with Crippen LogP contribution in [-0.4, -0.2) is 52.6 Å². The van der Waals surface area contributed by atoms with Crippen LogP contribution in [0.3, 0.4) is 0 Å². The van der Waals surface area contributed by atoms with E-state index in [1.54, 1.807) is 6.08 Å². The number of hydrogen-bond acceptors (Lipinski definition) is 4. The quantitative estimate of drug-likeness (QED) is 0.801. The van der Waals surface area contributed by atoms with Gasteiger partial charge in [0.15, 0.2) is 0 Å². The lowest BCUT2D eigenvalue weighted by atomic mass is 10.2. The second-order valence-electron chi connectivity index (χ2n) is 4.74. The summed E-state index contributed by atoms with van der Waals surface area (Å²) >= 11 is 0. The van der Waals surface area contributed by atoms with Gasteiger partial charge in [-0.05, 0) is 11.6 Å². The van der Waals surface area contributed by atoms with E-state index in [1.807, 2.05) is 30.3 Å². The third-order valence-corrected chi connectivity index (χ3v) is 4.28. The van der Waals surface area contributed by atoms with E-state index >= 15 is 0 Å². The molecule has 0 atom stereocenters. The molecule has 0 amide bonds. The Labute approximate surface area is 120 Å². The lowest BCUT2D eigenvalue weighted by Crippen LogP contribution is -2.46. The Morgan fingerprint density at radius 2 is 1.90 bits per heavy atom. The molecular weight excluding hydrogens is 274 g/mol. The maximum Gasteiger partial charge on any atom is 0.233 e. The van der Waals surface area contributed by atoms with Gasteiger partial charge in [0.05, 0.1) is 0 Å². The van der Waals surface area contributed by atoms with Crippen molar-refractivity contribution >= 4 is 16.1 Å². The third-order valence-electron chi connectivity index (χ3n) is 3.18. The Morgan fingerprint density at radius 1 is 1.20 bits per heavy atom. The first kappa shape index (κ1) is 15.2. The van der Waals surface area contributed by atoms with Gasteiger partial charge in [0.25, 0.3) is 0 Å². The molecule has 0 radical (unpaired) electrons. The van der Waals surface area contributed by atoms with E-state index in [1.165, 1.54) is 5.41 Å². The minimum atomic E-state index is -3.35. The summed E-state index contributed by atoms with van der Waals surface area (Å²) in [5.41, 5.74) is 0.875. The zero-order valence-electron chi connectivity index (χ0n) is 11.5. The van der Waals surface area contributed by atoms with Crippen LogP contribution in [0.15, 0.2) is 35.7 Å². The standard InChI is InChI=1S/C14H21N3O2S/c18-20(19,13-6-14-4-2-1-3-5-14)16-9-12-17-10-7-15-8-11-17/h1-6,13,15-16H,7-12H2/b13-6+. The zero-order valence-corrected chi connectivity index (χ0v) is 12.3. The SMILES string of the molecule is O=S(=O)(/C=C/c1ccccc1)NCCN1CCNCC1. The molecule has 0 bridgehead atoms. The van der Waals surface area contributed by atoms with Crippen LogP contribution >= 0.6 is 0 Å². The molecule has 1 aliphatic heterocycles.